The first-order valence-corrected chi connectivity index (χ1v) is 11.1. The molecule has 10 heteroatoms. The molecule has 0 unspecified atom stereocenters. The van der Waals surface area contributed by atoms with Gasteiger partial charge in [-0.1, -0.05) is 24.3 Å². The average Bonchev–Trinajstić information content (AvgIpc) is 2.72. The van der Waals surface area contributed by atoms with Crippen molar-refractivity contribution in [3.05, 3.63) is 59.9 Å². The molecule has 3 rings (SSSR count). The quantitative estimate of drug-likeness (QED) is 0.745. The van der Waals surface area contributed by atoms with Gasteiger partial charge in [-0.15, -0.1) is 0 Å². The summed E-state index contributed by atoms with van der Waals surface area (Å²) in [7, 11) is -3.93. The van der Waals surface area contributed by atoms with Gasteiger partial charge in [0.1, 0.15) is 12.4 Å². The van der Waals surface area contributed by atoms with Crippen LogP contribution in [0.1, 0.15) is 10.4 Å². The number of anilines is 2. The Balaban J connectivity index is 1.80. The maximum absolute atomic E-state index is 14.1. The van der Waals surface area contributed by atoms with Crippen molar-refractivity contribution in [3.8, 4) is 0 Å². The van der Waals surface area contributed by atoms with E-state index in [2.05, 4.69) is 5.32 Å². The molecule has 2 aromatic rings. The predicted molar refractivity (Wildman–Crippen MR) is 110 cm³/mol. The van der Waals surface area contributed by atoms with Crippen LogP contribution < -0.4 is 9.62 Å². The van der Waals surface area contributed by atoms with E-state index in [1.165, 1.54) is 18.2 Å². The highest BCUT2D eigenvalue weighted by molar-refractivity contribution is 7.92. The summed E-state index contributed by atoms with van der Waals surface area (Å²) in [4.78, 5) is 27.1. The van der Waals surface area contributed by atoms with Crippen LogP contribution in [-0.2, 0) is 19.6 Å². The van der Waals surface area contributed by atoms with Crippen LogP contribution in [0.25, 0.3) is 0 Å². The van der Waals surface area contributed by atoms with E-state index in [0.29, 0.717) is 30.6 Å². The van der Waals surface area contributed by atoms with Crippen molar-refractivity contribution in [1.29, 1.82) is 0 Å². The van der Waals surface area contributed by atoms with E-state index in [4.69, 9.17) is 4.74 Å². The van der Waals surface area contributed by atoms with E-state index in [1.807, 2.05) is 0 Å². The predicted octanol–water partition coefficient (Wildman–Crippen LogP) is 1.70. The van der Waals surface area contributed by atoms with E-state index >= 15 is 0 Å². The summed E-state index contributed by atoms with van der Waals surface area (Å²) >= 11 is 0. The number of amides is 2. The summed E-state index contributed by atoms with van der Waals surface area (Å²) in [5, 5.41) is 2.58. The number of hydrogen-bond donors (Lipinski definition) is 1. The van der Waals surface area contributed by atoms with Crippen molar-refractivity contribution in [1.82, 2.24) is 4.90 Å². The van der Waals surface area contributed by atoms with E-state index < -0.39 is 28.3 Å². The van der Waals surface area contributed by atoms with Crippen LogP contribution >= 0.6 is 0 Å². The lowest BCUT2D eigenvalue weighted by Crippen LogP contribution is -2.41. The summed E-state index contributed by atoms with van der Waals surface area (Å²) in [6.45, 7) is 1.12. The number of carbonyl (C=O) groups is 2. The number of hydrogen-bond acceptors (Lipinski definition) is 5. The highest BCUT2D eigenvalue weighted by Crippen LogP contribution is 2.22. The summed E-state index contributed by atoms with van der Waals surface area (Å²) in [5.74, 6) is -1.73. The SMILES string of the molecule is CS(=O)(=O)N(CC(=O)Nc1ccccc1C(=O)N1CCOCC1)c1ccccc1F. The third-order valence-corrected chi connectivity index (χ3v) is 5.67. The van der Waals surface area contributed by atoms with Crippen molar-refractivity contribution >= 4 is 33.2 Å². The van der Waals surface area contributed by atoms with Crippen LogP contribution in [0.2, 0.25) is 0 Å². The fourth-order valence-corrected chi connectivity index (χ4v) is 3.93. The highest BCUT2D eigenvalue weighted by Gasteiger charge is 2.25. The van der Waals surface area contributed by atoms with E-state index in [0.717, 1.165) is 12.3 Å². The molecule has 1 saturated heterocycles. The third-order valence-electron chi connectivity index (χ3n) is 4.54. The molecule has 1 N–H and O–H groups in total. The summed E-state index contributed by atoms with van der Waals surface area (Å²) < 4.78 is 44.4. The average molecular weight is 435 g/mol. The Bertz CT molecular complexity index is 1040. The Labute approximate surface area is 174 Å². The number of rotatable bonds is 6. The maximum Gasteiger partial charge on any atom is 0.256 e. The third kappa shape index (κ3) is 5.14. The number of carbonyl (C=O) groups excluding carboxylic acids is 2. The van der Waals surface area contributed by atoms with Crippen molar-refractivity contribution in [3.63, 3.8) is 0 Å². The van der Waals surface area contributed by atoms with Gasteiger partial charge in [-0.2, -0.15) is 0 Å². The van der Waals surface area contributed by atoms with Crippen molar-refractivity contribution in [2.24, 2.45) is 0 Å². The Morgan fingerprint density at radius 3 is 2.40 bits per heavy atom. The molecule has 30 heavy (non-hydrogen) atoms. The van der Waals surface area contributed by atoms with Gasteiger partial charge in [-0.3, -0.25) is 13.9 Å². The van der Waals surface area contributed by atoms with Crippen LogP contribution in [0.3, 0.4) is 0 Å². The van der Waals surface area contributed by atoms with E-state index in [1.54, 1.807) is 29.2 Å². The van der Waals surface area contributed by atoms with Crippen LogP contribution in [0.5, 0.6) is 0 Å². The Morgan fingerprint density at radius 1 is 1.10 bits per heavy atom. The highest BCUT2D eigenvalue weighted by atomic mass is 32.2. The molecule has 1 fully saturated rings. The van der Waals surface area contributed by atoms with Gasteiger partial charge >= 0.3 is 0 Å². The molecule has 2 aromatic carbocycles. The van der Waals surface area contributed by atoms with E-state index in [9.17, 15) is 22.4 Å². The minimum Gasteiger partial charge on any atom is -0.378 e. The second kappa shape index (κ2) is 9.23. The van der Waals surface area contributed by atoms with Gasteiger partial charge in [0.05, 0.1) is 36.4 Å². The number of ether oxygens (including phenoxy) is 1. The molecule has 1 heterocycles. The monoisotopic (exact) mass is 435 g/mol. The zero-order valence-electron chi connectivity index (χ0n) is 16.4. The van der Waals surface area contributed by atoms with Gasteiger partial charge in [-0.25, -0.2) is 12.8 Å². The van der Waals surface area contributed by atoms with Crippen molar-refractivity contribution in [2.45, 2.75) is 0 Å². The number of benzene rings is 2. The molecule has 0 radical (unpaired) electrons. The first-order valence-electron chi connectivity index (χ1n) is 9.25. The number of halogens is 1. The zero-order valence-corrected chi connectivity index (χ0v) is 17.2. The number of sulfonamides is 1. The largest absolute Gasteiger partial charge is 0.378 e. The molecule has 1 aliphatic heterocycles. The number of nitrogens with zero attached hydrogens (tertiary/aromatic N) is 2. The second-order valence-corrected chi connectivity index (χ2v) is 8.63. The van der Waals surface area contributed by atoms with Gasteiger partial charge in [0.15, 0.2) is 0 Å². The van der Waals surface area contributed by atoms with Gasteiger partial charge in [0.25, 0.3) is 5.91 Å². The number of morpholine rings is 1. The van der Waals surface area contributed by atoms with Gasteiger partial charge in [0.2, 0.25) is 15.9 Å². The summed E-state index contributed by atoms with van der Waals surface area (Å²) in [6, 6.07) is 11.7. The molecule has 2 amide bonds. The van der Waals surface area contributed by atoms with Gasteiger partial charge in [-0.05, 0) is 24.3 Å². The fraction of sp³-hybridized carbons (Fsp3) is 0.300. The first kappa shape index (κ1) is 21.7. The molecule has 1 aliphatic rings. The van der Waals surface area contributed by atoms with Crippen LogP contribution in [-0.4, -0.2) is 64.2 Å². The van der Waals surface area contributed by atoms with Crippen molar-refractivity contribution in [2.75, 3.05) is 48.7 Å². The second-order valence-electron chi connectivity index (χ2n) is 6.72. The molecule has 0 aliphatic carbocycles. The number of para-hydroxylation sites is 2. The smallest absolute Gasteiger partial charge is 0.256 e. The van der Waals surface area contributed by atoms with E-state index in [-0.39, 0.29) is 22.8 Å². The Morgan fingerprint density at radius 2 is 1.73 bits per heavy atom. The lowest BCUT2D eigenvalue weighted by Gasteiger charge is -2.27. The van der Waals surface area contributed by atoms with Crippen LogP contribution in [0, 0.1) is 5.82 Å². The zero-order chi connectivity index (χ0) is 21.7. The minimum absolute atomic E-state index is 0.229. The van der Waals surface area contributed by atoms with Gasteiger partial charge < -0.3 is 15.0 Å². The van der Waals surface area contributed by atoms with Crippen LogP contribution in [0.4, 0.5) is 15.8 Å². The molecule has 0 aromatic heterocycles. The molecule has 0 spiro atoms. The fourth-order valence-electron chi connectivity index (χ4n) is 3.07. The van der Waals surface area contributed by atoms with Gasteiger partial charge in [0, 0.05) is 13.1 Å². The maximum atomic E-state index is 14.1. The summed E-state index contributed by atoms with van der Waals surface area (Å²) in [6.07, 6.45) is 0.891. The Hall–Kier alpha value is -2.98. The first-order chi connectivity index (χ1) is 14.3. The molecule has 160 valence electrons. The Kier molecular flexibility index (Phi) is 6.68. The number of nitrogens with one attached hydrogen (secondary N) is 1. The molecule has 0 atom stereocenters. The lowest BCUT2D eigenvalue weighted by molar-refractivity contribution is -0.114. The summed E-state index contributed by atoms with van der Waals surface area (Å²) in [5.41, 5.74) is 0.304. The topological polar surface area (TPSA) is 96.0 Å². The van der Waals surface area contributed by atoms with Crippen molar-refractivity contribution < 1.29 is 27.1 Å². The molecule has 0 bridgehead atoms. The molecule has 8 nitrogen and oxygen atoms in total. The lowest BCUT2D eigenvalue weighted by atomic mass is 10.1. The molecular weight excluding hydrogens is 413 g/mol. The normalized spacial score (nSPS) is 14.3. The standard InChI is InChI=1S/C20H22FN3O5S/c1-30(27,28)24(18-9-5-3-7-16(18)21)14-19(25)22-17-8-4-2-6-15(17)20(26)23-10-12-29-13-11-23/h2-9H,10-14H2,1H3,(H,22,25). The van der Waals surface area contributed by atoms with Crippen LogP contribution in [0.15, 0.2) is 48.5 Å². The molecular formula is C20H22FN3O5S. The minimum atomic E-state index is -3.93. The molecule has 0 saturated carbocycles.